The second kappa shape index (κ2) is 8.24. The third-order valence-corrected chi connectivity index (χ3v) is 4.87. The van der Waals surface area contributed by atoms with Crippen LogP contribution in [0.2, 0.25) is 0 Å². The van der Waals surface area contributed by atoms with Crippen LogP contribution in [0.25, 0.3) is 0 Å². The third kappa shape index (κ3) is 4.59. The first-order valence-electron chi connectivity index (χ1n) is 9.03. The Morgan fingerprint density at radius 3 is 2.38 bits per heavy atom. The van der Waals surface area contributed by atoms with Crippen molar-refractivity contribution < 1.29 is 32.6 Å². The average Bonchev–Trinajstić information content (AvgIpc) is 3.02. The molecule has 0 spiro atoms. The van der Waals surface area contributed by atoms with Crippen molar-refractivity contribution in [3.05, 3.63) is 71.3 Å². The van der Waals surface area contributed by atoms with Gasteiger partial charge in [-0.3, -0.25) is 4.79 Å². The summed E-state index contributed by atoms with van der Waals surface area (Å²) >= 11 is 0. The molecule has 154 valence electrons. The second-order valence-electron chi connectivity index (χ2n) is 7.00. The van der Waals surface area contributed by atoms with Crippen molar-refractivity contribution in [3.8, 4) is 0 Å². The van der Waals surface area contributed by atoms with E-state index in [9.17, 15) is 27.9 Å². The smallest absolute Gasteiger partial charge is 0.417 e. The molecule has 2 amide bonds. The van der Waals surface area contributed by atoms with Crippen LogP contribution in [-0.4, -0.2) is 40.8 Å². The van der Waals surface area contributed by atoms with E-state index >= 15 is 0 Å². The molecular formula is C21H20F3NO4. The number of alkyl halides is 3. The fourth-order valence-corrected chi connectivity index (χ4v) is 3.33. The molecule has 0 bridgehead atoms. The van der Waals surface area contributed by atoms with Crippen LogP contribution in [0.3, 0.4) is 0 Å². The second-order valence-corrected chi connectivity index (χ2v) is 7.00. The topological polar surface area (TPSA) is 66.8 Å². The Kier molecular flexibility index (Phi) is 5.93. The summed E-state index contributed by atoms with van der Waals surface area (Å²) in [7, 11) is 0. The van der Waals surface area contributed by atoms with Gasteiger partial charge in [0.1, 0.15) is 6.61 Å². The molecule has 1 fully saturated rings. The number of aliphatic hydroxyl groups is 1. The molecule has 1 aliphatic heterocycles. The molecule has 2 aromatic rings. The van der Waals surface area contributed by atoms with Gasteiger partial charge in [0.2, 0.25) is 5.91 Å². The van der Waals surface area contributed by atoms with E-state index in [1.807, 2.05) is 0 Å². The standard InChI is InChI=1S/C21H20F3NO4/c1-13-7-9-15(10-8-13)18(26)17(21(22,23)24)19(27)25-16(12-29-20(25)28)11-14-5-3-2-4-6-14/h2-10,16-18,26H,11-12H2,1H3/t16-,17?,18?/m0/s1. The number of carbonyl (C=O) groups excluding carboxylic acids is 2. The molecule has 8 heteroatoms. The van der Waals surface area contributed by atoms with Crippen LogP contribution in [0.5, 0.6) is 0 Å². The zero-order valence-electron chi connectivity index (χ0n) is 15.6. The van der Waals surface area contributed by atoms with E-state index in [2.05, 4.69) is 0 Å². The number of amides is 2. The lowest BCUT2D eigenvalue weighted by Gasteiger charge is -2.29. The highest BCUT2D eigenvalue weighted by atomic mass is 19.4. The monoisotopic (exact) mass is 407 g/mol. The first kappa shape index (κ1) is 20.9. The van der Waals surface area contributed by atoms with E-state index in [-0.39, 0.29) is 18.6 Å². The van der Waals surface area contributed by atoms with Crippen molar-refractivity contribution in [2.45, 2.75) is 31.7 Å². The minimum Gasteiger partial charge on any atom is -0.447 e. The Balaban J connectivity index is 1.89. The Hall–Kier alpha value is -2.87. The number of aliphatic hydroxyl groups excluding tert-OH is 1. The molecule has 29 heavy (non-hydrogen) atoms. The molecule has 0 saturated carbocycles. The van der Waals surface area contributed by atoms with Gasteiger partial charge in [-0.1, -0.05) is 60.2 Å². The van der Waals surface area contributed by atoms with Crippen molar-refractivity contribution in [2.75, 3.05) is 6.61 Å². The van der Waals surface area contributed by atoms with E-state index in [0.29, 0.717) is 4.90 Å². The predicted octanol–water partition coefficient (Wildman–Crippen LogP) is 3.80. The molecule has 3 rings (SSSR count). The molecule has 1 N–H and O–H groups in total. The largest absolute Gasteiger partial charge is 0.447 e. The van der Waals surface area contributed by atoms with E-state index in [1.54, 1.807) is 49.4 Å². The third-order valence-electron chi connectivity index (χ3n) is 4.87. The maximum atomic E-state index is 13.8. The van der Waals surface area contributed by atoms with Crippen LogP contribution >= 0.6 is 0 Å². The number of ether oxygens (including phenoxy) is 1. The van der Waals surface area contributed by atoms with Crippen LogP contribution in [-0.2, 0) is 16.0 Å². The Morgan fingerprint density at radius 1 is 1.17 bits per heavy atom. The molecule has 3 atom stereocenters. The molecule has 1 saturated heterocycles. The molecule has 5 nitrogen and oxygen atoms in total. The summed E-state index contributed by atoms with van der Waals surface area (Å²) in [5.74, 6) is -4.30. The molecule has 0 aliphatic carbocycles. The Bertz CT molecular complexity index is 868. The van der Waals surface area contributed by atoms with Crippen LogP contribution in [0, 0.1) is 12.8 Å². The maximum Gasteiger partial charge on any atom is 0.417 e. The van der Waals surface area contributed by atoms with Gasteiger partial charge in [-0.25, -0.2) is 9.69 Å². The quantitative estimate of drug-likeness (QED) is 0.819. The number of hydrogen-bond donors (Lipinski definition) is 1. The van der Waals surface area contributed by atoms with Crippen molar-refractivity contribution in [2.24, 2.45) is 5.92 Å². The molecule has 0 radical (unpaired) electrons. The van der Waals surface area contributed by atoms with Gasteiger partial charge in [0, 0.05) is 0 Å². The van der Waals surface area contributed by atoms with Gasteiger partial charge in [0.25, 0.3) is 0 Å². The van der Waals surface area contributed by atoms with Crippen LogP contribution < -0.4 is 0 Å². The van der Waals surface area contributed by atoms with Gasteiger partial charge in [0.05, 0.1) is 12.1 Å². The SMILES string of the molecule is Cc1ccc(C(O)C(C(=O)N2C(=O)OC[C@@H]2Cc2ccccc2)C(F)(F)F)cc1. The highest BCUT2D eigenvalue weighted by Gasteiger charge is 2.54. The van der Waals surface area contributed by atoms with Gasteiger partial charge < -0.3 is 9.84 Å². The Morgan fingerprint density at radius 2 is 1.79 bits per heavy atom. The maximum absolute atomic E-state index is 13.8. The number of halogens is 3. The van der Waals surface area contributed by atoms with Gasteiger partial charge in [-0.15, -0.1) is 0 Å². The summed E-state index contributed by atoms with van der Waals surface area (Å²) in [6.45, 7) is 1.54. The number of carbonyl (C=O) groups is 2. The fraction of sp³-hybridized carbons (Fsp3) is 0.333. The molecule has 1 heterocycles. The van der Waals surface area contributed by atoms with Crippen molar-refractivity contribution in [1.29, 1.82) is 0 Å². The zero-order chi connectivity index (χ0) is 21.2. The summed E-state index contributed by atoms with van der Waals surface area (Å²) in [6.07, 6.45) is -8.18. The minimum atomic E-state index is -5.05. The normalized spacial score (nSPS) is 19.0. The van der Waals surface area contributed by atoms with E-state index in [0.717, 1.165) is 11.1 Å². The first-order chi connectivity index (χ1) is 13.7. The van der Waals surface area contributed by atoms with Crippen LogP contribution in [0.15, 0.2) is 54.6 Å². The summed E-state index contributed by atoms with van der Waals surface area (Å²) in [6, 6.07) is 13.6. The van der Waals surface area contributed by atoms with Crippen molar-refractivity contribution in [1.82, 2.24) is 4.90 Å². The highest BCUT2D eigenvalue weighted by Crippen LogP contribution is 2.39. The van der Waals surface area contributed by atoms with Gasteiger partial charge >= 0.3 is 12.3 Å². The Labute approximate surface area is 165 Å². The molecule has 2 unspecified atom stereocenters. The number of imide groups is 1. The zero-order valence-corrected chi connectivity index (χ0v) is 15.6. The first-order valence-corrected chi connectivity index (χ1v) is 9.03. The van der Waals surface area contributed by atoms with Crippen LogP contribution in [0.4, 0.5) is 18.0 Å². The number of cyclic esters (lactones) is 1. The van der Waals surface area contributed by atoms with E-state index < -0.39 is 36.2 Å². The highest BCUT2D eigenvalue weighted by molar-refractivity contribution is 5.95. The molecule has 1 aliphatic rings. The number of nitrogens with zero attached hydrogens (tertiary/aromatic N) is 1. The lowest BCUT2D eigenvalue weighted by atomic mass is 9.92. The molecule has 0 aromatic heterocycles. The van der Waals surface area contributed by atoms with Gasteiger partial charge in [-0.05, 0) is 24.5 Å². The van der Waals surface area contributed by atoms with Gasteiger partial charge in [-0.2, -0.15) is 13.2 Å². The number of hydrogen-bond acceptors (Lipinski definition) is 4. The van der Waals surface area contributed by atoms with Crippen molar-refractivity contribution in [3.63, 3.8) is 0 Å². The number of benzene rings is 2. The lowest BCUT2D eigenvalue weighted by Crippen LogP contribution is -2.49. The fourth-order valence-electron chi connectivity index (χ4n) is 3.33. The summed E-state index contributed by atoms with van der Waals surface area (Å²) in [4.78, 5) is 25.4. The van der Waals surface area contributed by atoms with E-state index in [4.69, 9.17) is 4.74 Å². The number of aryl methyl sites for hydroxylation is 1. The molecular weight excluding hydrogens is 387 g/mol. The lowest BCUT2D eigenvalue weighted by molar-refractivity contribution is -0.207. The molecule has 2 aromatic carbocycles. The average molecular weight is 407 g/mol. The van der Waals surface area contributed by atoms with Crippen LogP contribution in [0.1, 0.15) is 22.8 Å². The minimum absolute atomic E-state index is 0.0570. The number of rotatable bonds is 5. The van der Waals surface area contributed by atoms with Gasteiger partial charge in [0.15, 0.2) is 5.92 Å². The summed E-state index contributed by atoms with van der Waals surface area (Å²) in [5.41, 5.74) is 1.48. The summed E-state index contributed by atoms with van der Waals surface area (Å²) < 4.78 is 46.1. The summed E-state index contributed by atoms with van der Waals surface area (Å²) in [5, 5.41) is 10.4. The van der Waals surface area contributed by atoms with Crippen molar-refractivity contribution >= 4 is 12.0 Å². The van der Waals surface area contributed by atoms with E-state index in [1.165, 1.54) is 12.1 Å². The predicted molar refractivity (Wildman–Crippen MR) is 97.8 cm³/mol.